The van der Waals surface area contributed by atoms with Gasteiger partial charge in [-0.2, -0.15) is 0 Å². The van der Waals surface area contributed by atoms with Crippen LogP contribution < -0.4 is 10.6 Å². The van der Waals surface area contributed by atoms with E-state index in [4.69, 9.17) is 4.42 Å². The molecule has 1 fully saturated rings. The molecule has 0 aliphatic heterocycles. The van der Waals surface area contributed by atoms with Crippen LogP contribution >= 0.6 is 11.8 Å². The fraction of sp³-hybridized carbons (Fsp3) is 0.556. The normalized spacial score (nSPS) is 15.0. The highest BCUT2D eigenvalue weighted by atomic mass is 32.2. The van der Waals surface area contributed by atoms with Crippen molar-refractivity contribution in [3.8, 4) is 0 Å². The summed E-state index contributed by atoms with van der Waals surface area (Å²) < 4.78 is 7.45. The molecule has 8 nitrogen and oxygen atoms in total. The van der Waals surface area contributed by atoms with Gasteiger partial charge in [0.2, 0.25) is 5.91 Å². The van der Waals surface area contributed by atoms with E-state index in [1.807, 2.05) is 30.5 Å². The molecule has 9 heteroatoms. The van der Waals surface area contributed by atoms with E-state index in [1.165, 1.54) is 11.8 Å². The molecular formula is C18H25N5O3S. The van der Waals surface area contributed by atoms with Gasteiger partial charge in [0, 0.05) is 12.5 Å². The molecule has 3 amide bonds. The lowest BCUT2D eigenvalue weighted by molar-refractivity contribution is -0.119. The van der Waals surface area contributed by atoms with Crippen molar-refractivity contribution in [2.24, 2.45) is 5.92 Å². The van der Waals surface area contributed by atoms with Crippen LogP contribution in [0.25, 0.3) is 0 Å². The Morgan fingerprint density at radius 3 is 2.74 bits per heavy atom. The average molecular weight is 391 g/mol. The van der Waals surface area contributed by atoms with Crippen LogP contribution in [0.1, 0.15) is 51.1 Å². The van der Waals surface area contributed by atoms with E-state index in [0.29, 0.717) is 30.1 Å². The van der Waals surface area contributed by atoms with Crippen LogP contribution in [0.5, 0.6) is 0 Å². The third-order valence-corrected chi connectivity index (χ3v) is 5.22. The minimum atomic E-state index is -0.485. The Balaban J connectivity index is 1.64. The van der Waals surface area contributed by atoms with Crippen molar-refractivity contribution in [2.45, 2.75) is 56.5 Å². The molecule has 0 radical (unpaired) electrons. The molecule has 1 saturated carbocycles. The number of hydrogen-bond acceptors (Lipinski definition) is 6. The molecule has 0 aromatic carbocycles. The number of furan rings is 1. The number of aromatic nitrogens is 3. The van der Waals surface area contributed by atoms with Crippen LogP contribution in [0.2, 0.25) is 0 Å². The van der Waals surface area contributed by atoms with Crippen molar-refractivity contribution in [1.29, 1.82) is 0 Å². The van der Waals surface area contributed by atoms with E-state index in [0.717, 1.165) is 24.4 Å². The van der Waals surface area contributed by atoms with Gasteiger partial charge >= 0.3 is 6.03 Å². The molecule has 1 aliphatic carbocycles. The van der Waals surface area contributed by atoms with Gasteiger partial charge in [-0.1, -0.05) is 25.6 Å². The van der Waals surface area contributed by atoms with Gasteiger partial charge in [-0.25, -0.2) is 4.79 Å². The van der Waals surface area contributed by atoms with Crippen LogP contribution in [-0.2, 0) is 11.3 Å². The van der Waals surface area contributed by atoms with E-state index >= 15 is 0 Å². The second kappa shape index (κ2) is 8.60. The number of rotatable bonds is 8. The molecule has 2 aromatic heterocycles. The maximum atomic E-state index is 12.3. The van der Waals surface area contributed by atoms with E-state index in [-0.39, 0.29) is 5.91 Å². The largest absolute Gasteiger partial charge is 0.467 e. The summed E-state index contributed by atoms with van der Waals surface area (Å²) in [6.45, 7) is 6.77. The maximum absolute atomic E-state index is 12.3. The number of amides is 3. The number of imide groups is 1. The first kappa shape index (κ1) is 19.5. The van der Waals surface area contributed by atoms with Gasteiger partial charge in [0.25, 0.3) is 0 Å². The van der Waals surface area contributed by atoms with Crippen molar-refractivity contribution < 1.29 is 14.0 Å². The monoisotopic (exact) mass is 391 g/mol. The molecule has 2 aromatic rings. The zero-order valence-corrected chi connectivity index (χ0v) is 16.6. The summed E-state index contributed by atoms with van der Waals surface area (Å²) in [6, 6.07) is 3.27. The SMILES string of the molecule is CC(C)CNC(=O)NC(=O)C(C)Sc1nnc(C2CC2)n1Cc1ccco1. The zero-order valence-electron chi connectivity index (χ0n) is 15.8. The molecular weight excluding hydrogens is 366 g/mol. The zero-order chi connectivity index (χ0) is 19.4. The van der Waals surface area contributed by atoms with Gasteiger partial charge in [-0.3, -0.25) is 14.7 Å². The molecule has 2 N–H and O–H groups in total. The standard InChI is InChI=1S/C18H25N5O3S/c1-11(2)9-19-17(25)20-16(24)12(3)27-18-22-21-15(13-6-7-13)23(18)10-14-5-4-8-26-14/h4-5,8,11-13H,6-7,9-10H2,1-3H3,(H2,19,20,24,25). The highest BCUT2D eigenvalue weighted by molar-refractivity contribution is 8.00. The van der Waals surface area contributed by atoms with E-state index in [1.54, 1.807) is 13.2 Å². The number of carbonyl (C=O) groups is 2. The topological polar surface area (TPSA) is 102 Å². The van der Waals surface area contributed by atoms with E-state index < -0.39 is 11.3 Å². The Kier molecular flexibility index (Phi) is 6.20. The van der Waals surface area contributed by atoms with Crippen LogP contribution in [-0.4, -0.2) is 38.5 Å². The van der Waals surface area contributed by atoms with Crippen molar-refractivity contribution in [1.82, 2.24) is 25.4 Å². The van der Waals surface area contributed by atoms with Gasteiger partial charge in [0.1, 0.15) is 11.6 Å². The fourth-order valence-electron chi connectivity index (χ4n) is 2.50. The summed E-state index contributed by atoms with van der Waals surface area (Å²) in [5.41, 5.74) is 0. The van der Waals surface area contributed by atoms with Crippen LogP contribution in [0.4, 0.5) is 4.79 Å². The predicted octanol–water partition coefficient (Wildman–Crippen LogP) is 2.76. The second-order valence-electron chi connectivity index (χ2n) is 7.13. The van der Waals surface area contributed by atoms with Gasteiger partial charge in [0.05, 0.1) is 18.1 Å². The molecule has 27 heavy (non-hydrogen) atoms. The smallest absolute Gasteiger partial charge is 0.321 e. The summed E-state index contributed by atoms with van der Waals surface area (Å²) in [7, 11) is 0. The quantitative estimate of drug-likeness (QED) is 0.671. The predicted molar refractivity (Wildman–Crippen MR) is 102 cm³/mol. The minimum absolute atomic E-state index is 0.318. The molecule has 1 atom stereocenters. The lowest BCUT2D eigenvalue weighted by Crippen LogP contribution is -2.43. The molecule has 0 spiro atoms. The molecule has 2 heterocycles. The number of nitrogens with zero attached hydrogens (tertiary/aromatic N) is 3. The lowest BCUT2D eigenvalue weighted by Gasteiger charge is -2.13. The van der Waals surface area contributed by atoms with Crippen LogP contribution in [0, 0.1) is 5.92 Å². The average Bonchev–Trinajstić information content (AvgIpc) is 3.19. The fourth-order valence-corrected chi connectivity index (χ4v) is 3.36. The first-order chi connectivity index (χ1) is 12.9. The molecule has 1 unspecified atom stereocenters. The third kappa shape index (κ3) is 5.35. The second-order valence-corrected chi connectivity index (χ2v) is 8.44. The Morgan fingerprint density at radius 2 is 2.11 bits per heavy atom. The van der Waals surface area contributed by atoms with Crippen LogP contribution in [0.3, 0.4) is 0 Å². The van der Waals surface area contributed by atoms with Gasteiger partial charge in [-0.15, -0.1) is 10.2 Å². The highest BCUT2D eigenvalue weighted by Gasteiger charge is 2.31. The summed E-state index contributed by atoms with van der Waals surface area (Å²) in [5.74, 6) is 2.12. The molecule has 146 valence electrons. The van der Waals surface area contributed by atoms with E-state index in [2.05, 4.69) is 20.8 Å². The molecule has 3 rings (SSSR count). The molecule has 0 bridgehead atoms. The van der Waals surface area contributed by atoms with Crippen molar-refractivity contribution in [3.05, 3.63) is 30.0 Å². The maximum Gasteiger partial charge on any atom is 0.321 e. The summed E-state index contributed by atoms with van der Waals surface area (Å²) in [6.07, 6.45) is 3.84. The first-order valence-electron chi connectivity index (χ1n) is 9.15. The van der Waals surface area contributed by atoms with Gasteiger partial charge in [0.15, 0.2) is 5.16 Å². The Labute approximate surface area is 162 Å². The Bertz CT molecular complexity index is 783. The highest BCUT2D eigenvalue weighted by Crippen LogP contribution is 2.40. The number of urea groups is 1. The first-order valence-corrected chi connectivity index (χ1v) is 10.0. The van der Waals surface area contributed by atoms with Crippen molar-refractivity contribution in [2.75, 3.05) is 6.54 Å². The Hall–Kier alpha value is -2.29. The molecule has 1 aliphatic rings. The Morgan fingerprint density at radius 1 is 1.33 bits per heavy atom. The molecule has 0 saturated heterocycles. The van der Waals surface area contributed by atoms with Gasteiger partial charge in [-0.05, 0) is 37.8 Å². The van der Waals surface area contributed by atoms with Gasteiger partial charge < -0.3 is 9.73 Å². The minimum Gasteiger partial charge on any atom is -0.467 e. The van der Waals surface area contributed by atoms with Crippen LogP contribution in [0.15, 0.2) is 28.0 Å². The summed E-state index contributed by atoms with van der Waals surface area (Å²) >= 11 is 1.29. The summed E-state index contributed by atoms with van der Waals surface area (Å²) in [4.78, 5) is 24.1. The van der Waals surface area contributed by atoms with E-state index in [9.17, 15) is 9.59 Å². The summed E-state index contributed by atoms with van der Waals surface area (Å²) in [5, 5.41) is 13.8. The third-order valence-electron chi connectivity index (χ3n) is 4.14. The number of nitrogens with one attached hydrogen (secondary N) is 2. The number of thioether (sulfide) groups is 1. The van der Waals surface area contributed by atoms with Crippen molar-refractivity contribution >= 4 is 23.7 Å². The number of hydrogen-bond donors (Lipinski definition) is 2. The van der Waals surface area contributed by atoms with Crippen molar-refractivity contribution in [3.63, 3.8) is 0 Å². The lowest BCUT2D eigenvalue weighted by atomic mass is 10.2. The number of carbonyl (C=O) groups excluding carboxylic acids is 2.